The van der Waals surface area contributed by atoms with Gasteiger partial charge < -0.3 is 13.9 Å². The zero-order valence-corrected chi connectivity index (χ0v) is 22.0. The van der Waals surface area contributed by atoms with Crippen LogP contribution in [0.25, 0.3) is 0 Å². The topological polar surface area (TPSA) is 27.7 Å². The van der Waals surface area contributed by atoms with Gasteiger partial charge in [-0.1, -0.05) is 99.6 Å². The van der Waals surface area contributed by atoms with Crippen molar-refractivity contribution in [1.29, 1.82) is 0 Å². The Bertz CT molecular complexity index is 955. The van der Waals surface area contributed by atoms with Crippen LogP contribution in [0.3, 0.4) is 0 Å². The van der Waals surface area contributed by atoms with Crippen LogP contribution >= 0.6 is 0 Å². The fourth-order valence-corrected chi connectivity index (χ4v) is 9.12. The van der Waals surface area contributed by atoms with Crippen molar-refractivity contribution in [3.63, 3.8) is 0 Å². The van der Waals surface area contributed by atoms with Gasteiger partial charge in [0.25, 0.3) is 8.32 Å². The van der Waals surface area contributed by atoms with Gasteiger partial charge in [-0.15, -0.1) is 6.58 Å². The molecule has 0 saturated heterocycles. The lowest BCUT2D eigenvalue weighted by molar-refractivity contribution is 0.108. The van der Waals surface area contributed by atoms with Crippen LogP contribution in [0.5, 0.6) is 5.75 Å². The van der Waals surface area contributed by atoms with Gasteiger partial charge in [0.1, 0.15) is 5.75 Å². The van der Waals surface area contributed by atoms with Gasteiger partial charge in [-0.3, -0.25) is 0 Å². The van der Waals surface area contributed by atoms with Crippen LogP contribution in [-0.4, -0.2) is 28.1 Å². The maximum atomic E-state index is 7.17. The highest BCUT2D eigenvalue weighted by atomic mass is 28.4. The summed E-state index contributed by atoms with van der Waals surface area (Å²) in [5.74, 6) is 0.859. The normalized spacial score (nSPS) is 12.8. The smallest absolute Gasteiger partial charge is 0.261 e. The molecule has 4 heteroatoms. The fourth-order valence-electron chi connectivity index (χ4n) is 4.44. The summed E-state index contributed by atoms with van der Waals surface area (Å²) in [6, 6.07) is 29.5. The number of benzene rings is 3. The molecule has 3 aromatic rings. The molecule has 3 rings (SSSR count). The van der Waals surface area contributed by atoms with Gasteiger partial charge in [0.15, 0.2) is 0 Å². The van der Waals surface area contributed by atoms with E-state index in [1.807, 2.05) is 30.3 Å². The molecule has 3 aromatic carbocycles. The zero-order chi connectivity index (χ0) is 24.4. The SMILES string of the molecule is C=CC(CCCOCc1ccc(OC)cc1)O[Si](c1ccccc1)(c1ccccc1)C(C)(C)C. The molecule has 0 heterocycles. The summed E-state index contributed by atoms with van der Waals surface area (Å²) in [6.45, 7) is 12.3. The van der Waals surface area contributed by atoms with Gasteiger partial charge >= 0.3 is 0 Å². The molecular weight excluding hydrogens is 436 g/mol. The second-order valence-corrected chi connectivity index (χ2v) is 13.9. The van der Waals surface area contributed by atoms with E-state index in [4.69, 9.17) is 13.9 Å². The minimum Gasteiger partial charge on any atom is -0.497 e. The number of methoxy groups -OCH3 is 1. The molecule has 0 fully saturated rings. The van der Waals surface area contributed by atoms with Gasteiger partial charge in [0, 0.05) is 6.61 Å². The maximum Gasteiger partial charge on any atom is 0.261 e. The minimum absolute atomic E-state index is 0.0455. The Morgan fingerprint density at radius 2 is 1.41 bits per heavy atom. The van der Waals surface area contributed by atoms with E-state index < -0.39 is 8.32 Å². The highest BCUT2D eigenvalue weighted by Gasteiger charge is 2.51. The van der Waals surface area contributed by atoms with E-state index in [0.29, 0.717) is 13.2 Å². The fraction of sp³-hybridized carbons (Fsp3) is 0.333. The summed E-state index contributed by atoms with van der Waals surface area (Å²) < 4.78 is 18.3. The Labute approximate surface area is 206 Å². The average molecular weight is 475 g/mol. The van der Waals surface area contributed by atoms with Crippen molar-refractivity contribution in [1.82, 2.24) is 0 Å². The van der Waals surface area contributed by atoms with E-state index in [1.54, 1.807) is 7.11 Å². The van der Waals surface area contributed by atoms with E-state index in [0.717, 1.165) is 24.2 Å². The van der Waals surface area contributed by atoms with Crippen LogP contribution in [0.15, 0.2) is 97.6 Å². The molecule has 34 heavy (non-hydrogen) atoms. The molecule has 0 spiro atoms. The number of ether oxygens (including phenoxy) is 2. The van der Waals surface area contributed by atoms with Crippen molar-refractivity contribution in [2.75, 3.05) is 13.7 Å². The third-order valence-electron chi connectivity index (χ3n) is 6.21. The van der Waals surface area contributed by atoms with E-state index in [-0.39, 0.29) is 11.1 Å². The van der Waals surface area contributed by atoms with E-state index in [1.165, 1.54) is 10.4 Å². The lowest BCUT2D eigenvalue weighted by Gasteiger charge is -2.44. The van der Waals surface area contributed by atoms with Crippen molar-refractivity contribution in [2.24, 2.45) is 0 Å². The van der Waals surface area contributed by atoms with Crippen LogP contribution in [0, 0.1) is 0 Å². The molecule has 180 valence electrons. The Hall–Kier alpha value is -2.66. The van der Waals surface area contributed by atoms with E-state index in [2.05, 4.69) is 88.0 Å². The van der Waals surface area contributed by atoms with Gasteiger partial charge in [0.05, 0.1) is 19.8 Å². The monoisotopic (exact) mass is 474 g/mol. The zero-order valence-electron chi connectivity index (χ0n) is 21.0. The molecule has 0 amide bonds. The van der Waals surface area contributed by atoms with Crippen molar-refractivity contribution >= 4 is 18.7 Å². The Morgan fingerprint density at radius 1 is 0.853 bits per heavy atom. The van der Waals surface area contributed by atoms with Crippen molar-refractivity contribution in [3.8, 4) is 5.75 Å². The lowest BCUT2D eigenvalue weighted by Crippen LogP contribution is -2.67. The largest absolute Gasteiger partial charge is 0.497 e. The molecule has 3 nitrogen and oxygen atoms in total. The molecule has 1 atom stereocenters. The molecule has 0 aromatic heterocycles. The highest BCUT2D eigenvalue weighted by molar-refractivity contribution is 6.99. The summed E-state index contributed by atoms with van der Waals surface area (Å²) in [6.07, 6.45) is 3.70. The summed E-state index contributed by atoms with van der Waals surface area (Å²) in [5.41, 5.74) is 1.14. The second kappa shape index (κ2) is 12.2. The van der Waals surface area contributed by atoms with E-state index >= 15 is 0 Å². The number of hydrogen-bond donors (Lipinski definition) is 0. The lowest BCUT2D eigenvalue weighted by atomic mass is 10.2. The van der Waals surface area contributed by atoms with Crippen molar-refractivity contribution < 1.29 is 13.9 Å². The standard InChI is InChI=1S/C30H38O3Si/c1-6-26(14-13-23-32-24-25-19-21-27(31-5)22-20-25)33-34(30(2,3)4,28-15-9-7-10-16-28)29-17-11-8-12-18-29/h6-12,15-22,26H,1,13-14,23-24H2,2-5H3. The molecule has 0 bridgehead atoms. The molecule has 0 aliphatic rings. The minimum atomic E-state index is -2.59. The first-order chi connectivity index (χ1) is 16.4. The summed E-state index contributed by atoms with van der Waals surface area (Å²) >= 11 is 0. The maximum absolute atomic E-state index is 7.17. The van der Waals surface area contributed by atoms with Crippen LogP contribution < -0.4 is 15.1 Å². The molecule has 0 aliphatic heterocycles. The number of hydrogen-bond acceptors (Lipinski definition) is 3. The first kappa shape index (κ1) is 26.0. The predicted octanol–water partition coefficient (Wildman–Crippen LogP) is 6.12. The Kier molecular flexibility index (Phi) is 9.28. The van der Waals surface area contributed by atoms with Crippen LogP contribution in [0.4, 0.5) is 0 Å². The van der Waals surface area contributed by atoms with Gasteiger partial charge in [0.2, 0.25) is 0 Å². The third-order valence-corrected chi connectivity index (χ3v) is 11.3. The summed E-state index contributed by atoms with van der Waals surface area (Å²) in [4.78, 5) is 0. The summed E-state index contributed by atoms with van der Waals surface area (Å²) in [5, 5.41) is 2.52. The molecule has 0 saturated carbocycles. The number of rotatable bonds is 12. The molecule has 1 unspecified atom stereocenters. The highest BCUT2D eigenvalue weighted by Crippen LogP contribution is 2.38. The van der Waals surface area contributed by atoms with Crippen molar-refractivity contribution in [3.05, 3.63) is 103 Å². The quantitative estimate of drug-likeness (QED) is 0.180. The average Bonchev–Trinajstić information content (AvgIpc) is 2.86. The molecule has 0 aliphatic carbocycles. The van der Waals surface area contributed by atoms with Crippen molar-refractivity contribution in [2.45, 2.75) is 51.4 Å². The van der Waals surface area contributed by atoms with Gasteiger partial charge in [-0.05, 0) is 45.9 Å². The predicted molar refractivity (Wildman–Crippen MR) is 145 cm³/mol. The van der Waals surface area contributed by atoms with Gasteiger partial charge in [-0.25, -0.2) is 0 Å². The second-order valence-electron chi connectivity index (χ2n) is 9.60. The summed E-state index contributed by atoms with van der Waals surface area (Å²) in [7, 11) is -0.911. The van der Waals surface area contributed by atoms with Crippen LogP contribution in [-0.2, 0) is 15.8 Å². The first-order valence-corrected chi connectivity index (χ1v) is 13.9. The molecular formula is C30H38O3Si. The van der Waals surface area contributed by atoms with Crippen LogP contribution in [0.2, 0.25) is 5.04 Å². The third kappa shape index (κ3) is 6.26. The van der Waals surface area contributed by atoms with Gasteiger partial charge in [-0.2, -0.15) is 0 Å². The Balaban J connectivity index is 1.71. The van der Waals surface area contributed by atoms with E-state index in [9.17, 15) is 0 Å². The van der Waals surface area contributed by atoms with Crippen LogP contribution in [0.1, 0.15) is 39.2 Å². The first-order valence-electron chi connectivity index (χ1n) is 12.0. The Morgan fingerprint density at radius 3 is 1.88 bits per heavy atom. The molecule has 0 radical (unpaired) electrons. The molecule has 0 N–H and O–H groups in total.